The molecule has 1 aliphatic rings. The highest BCUT2D eigenvalue weighted by molar-refractivity contribution is 5.38. The lowest BCUT2D eigenvalue weighted by molar-refractivity contribution is 0.263. The van der Waals surface area contributed by atoms with E-state index in [-0.39, 0.29) is 0 Å². The van der Waals surface area contributed by atoms with Gasteiger partial charge >= 0.3 is 0 Å². The van der Waals surface area contributed by atoms with Gasteiger partial charge in [0.1, 0.15) is 5.82 Å². The normalized spacial score (nSPS) is 18.6. The van der Waals surface area contributed by atoms with Crippen LogP contribution in [0.5, 0.6) is 0 Å². The van der Waals surface area contributed by atoms with Gasteiger partial charge in [-0.05, 0) is 57.1 Å². The molecule has 0 spiro atoms. The van der Waals surface area contributed by atoms with Crippen molar-refractivity contribution in [2.45, 2.75) is 32.2 Å². The zero-order chi connectivity index (χ0) is 11.4. The molecule has 16 heavy (non-hydrogen) atoms. The molecule has 3 heteroatoms. The smallest absolute Gasteiger partial charge is 0.126 e. The van der Waals surface area contributed by atoms with Gasteiger partial charge in [-0.25, -0.2) is 4.98 Å². The third-order valence-electron chi connectivity index (χ3n) is 3.30. The van der Waals surface area contributed by atoms with Gasteiger partial charge < -0.3 is 10.2 Å². The first-order valence-corrected chi connectivity index (χ1v) is 6.18. The van der Waals surface area contributed by atoms with Gasteiger partial charge in [0.05, 0.1) is 0 Å². The Balaban J connectivity index is 1.93. The number of aryl methyl sites for hydroxylation is 1. The van der Waals surface area contributed by atoms with Gasteiger partial charge in [-0.3, -0.25) is 0 Å². The van der Waals surface area contributed by atoms with E-state index in [9.17, 15) is 0 Å². The summed E-state index contributed by atoms with van der Waals surface area (Å²) in [5, 5.41) is 3.54. The van der Waals surface area contributed by atoms with Crippen molar-refractivity contribution in [1.82, 2.24) is 9.88 Å². The number of nitrogens with one attached hydrogen (secondary N) is 1. The van der Waals surface area contributed by atoms with E-state index in [0.717, 1.165) is 12.2 Å². The second kappa shape index (κ2) is 5.30. The molecule has 1 N–H and O–H groups in total. The highest BCUT2D eigenvalue weighted by Crippen LogP contribution is 2.15. The van der Waals surface area contributed by atoms with Gasteiger partial charge in [-0.2, -0.15) is 0 Å². The highest BCUT2D eigenvalue weighted by Gasteiger charge is 2.16. The zero-order valence-electron chi connectivity index (χ0n) is 10.2. The van der Waals surface area contributed by atoms with Gasteiger partial charge in [-0.15, -0.1) is 0 Å². The summed E-state index contributed by atoms with van der Waals surface area (Å²) in [6, 6.07) is 4.84. The molecule has 2 rings (SSSR count). The summed E-state index contributed by atoms with van der Waals surface area (Å²) in [7, 11) is 2.19. The summed E-state index contributed by atoms with van der Waals surface area (Å²) in [5.74, 6) is 1.04. The molecular formula is C13H21N3. The average molecular weight is 219 g/mol. The highest BCUT2D eigenvalue weighted by atomic mass is 15.1. The molecule has 0 aromatic carbocycles. The fraction of sp³-hybridized carbons (Fsp3) is 0.615. The van der Waals surface area contributed by atoms with Crippen LogP contribution in [-0.4, -0.2) is 36.1 Å². The molecule has 0 amide bonds. The van der Waals surface area contributed by atoms with Gasteiger partial charge in [-0.1, -0.05) is 6.92 Å². The summed E-state index contributed by atoms with van der Waals surface area (Å²) < 4.78 is 0. The maximum Gasteiger partial charge on any atom is 0.126 e. The molecule has 1 fully saturated rings. The maximum atomic E-state index is 4.38. The molecule has 1 aromatic heterocycles. The third kappa shape index (κ3) is 2.95. The van der Waals surface area contributed by atoms with Gasteiger partial charge in [0.15, 0.2) is 0 Å². The predicted octanol–water partition coefficient (Wildman–Crippen LogP) is 2.15. The molecule has 0 atom stereocenters. The van der Waals surface area contributed by atoms with E-state index in [1.165, 1.54) is 31.5 Å². The first-order chi connectivity index (χ1) is 7.78. The topological polar surface area (TPSA) is 28.2 Å². The van der Waals surface area contributed by atoms with Crippen molar-refractivity contribution in [3.63, 3.8) is 0 Å². The van der Waals surface area contributed by atoms with Crippen molar-refractivity contribution in [1.29, 1.82) is 0 Å². The maximum absolute atomic E-state index is 4.38. The Morgan fingerprint density at radius 2 is 2.19 bits per heavy atom. The summed E-state index contributed by atoms with van der Waals surface area (Å²) >= 11 is 0. The Morgan fingerprint density at radius 1 is 1.44 bits per heavy atom. The van der Waals surface area contributed by atoms with Crippen LogP contribution in [0.1, 0.15) is 25.3 Å². The van der Waals surface area contributed by atoms with Gasteiger partial charge in [0, 0.05) is 12.2 Å². The predicted molar refractivity (Wildman–Crippen MR) is 67.8 cm³/mol. The van der Waals surface area contributed by atoms with Crippen molar-refractivity contribution in [3.8, 4) is 0 Å². The van der Waals surface area contributed by atoms with Crippen LogP contribution in [0, 0.1) is 0 Å². The molecule has 3 nitrogen and oxygen atoms in total. The van der Waals surface area contributed by atoms with E-state index in [0.29, 0.717) is 6.04 Å². The molecule has 0 aliphatic carbocycles. The van der Waals surface area contributed by atoms with Crippen molar-refractivity contribution in [2.24, 2.45) is 0 Å². The largest absolute Gasteiger partial charge is 0.367 e. The molecular weight excluding hydrogens is 198 g/mol. The number of hydrogen-bond acceptors (Lipinski definition) is 3. The molecule has 88 valence electrons. The lowest BCUT2D eigenvalue weighted by atomic mass is 10.1. The van der Waals surface area contributed by atoms with E-state index in [1.807, 2.05) is 6.20 Å². The Kier molecular flexibility index (Phi) is 3.78. The van der Waals surface area contributed by atoms with Crippen LogP contribution in [0.3, 0.4) is 0 Å². The van der Waals surface area contributed by atoms with Crippen LogP contribution in [0.15, 0.2) is 18.3 Å². The number of pyridine rings is 1. The van der Waals surface area contributed by atoms with E-state index in [1.54, 1.807) is 0 Å². The standard InChI is InChI=1S/C13H21N3/c1-3-11-4-7-14-13(10-11)15-12-5-8-16(2)9-6-12/h4,7,10,12H,3,5-6,8-9H2,1-2H3,(H,14,15). The van der Waals surface area contributed by atoms with E-state index in [4.69, 9.17) is 0 Å². The number of nitrogens with zero attached hydrogens (tertiary/aromatic N) is 2. The Labute approximate surface area is 97.9 Å². The lowest BCUT2D eigenvalue weighted by Gasteiger charge is -2.29. The summed E-state index contributed by atoms with van der Waals surface area (Å²) in [6.45, 7) is 4.55. The number of piperidine rings is 1. The average Bonchev–Trinajstić information content (AvgIpc) is 2.32. The Morgan fingerprint density at radius 3 is 2.88 bits per heavy atom. The van der Waals surface area contributed by atoms with Crippen LogP contribution in [0.2, 0.25) is 0 Å². The van der Waals surface area contributed by atoms with Crippen LogP contribution in [-0.2, 0) is 6.42 Å². The Bertz CT molecular complexity index is 330. The zero-order valence-corrected chi connectivity index (χ0v) is 10.2. The SMILES string of the molecule is CCc1ccnc(NC2CCN(C)CC2)c1. The van der Waals surface area contributed by atoms with E-state index >= 15 is 0 Å². The molecule has 1 saturated heterocycles. The second-order valence-electron chi connectivity index (χ2n) is 4.62. The number of anilines is 1. The summed E-state index contributed by atoms with van der Waals surface area (Å²) in [5.41, 5.74) is 1.35. The summed E-state index contributed by atoms with van der Waals surface area (Å²) in [4.78, 5) is 6.76. The van der Waals surface area contributed by atoms with Crippen LogP contribution in [0.25, 0.3) is 0 Å². The molecule has 2 heterocycles. The summed E-state index contributed by atoms with van der Waals surface area (Å²) in [6.07, 6.45) is 5.41. The van der Waals surface area contributed by atoms with Crippen molar-refractivity contribution in [3.05, 3.63) is 23.9 Å². The van der Waals surface area contributed by atoms with Crippen molar-refractivity contribution >= 4 is 5.82 Å². The number of likely N-dealkylation sites (tertiary alicyclic amines) is 1. The van der Waals surface area contributed by atoms with E-state index in [2.05, 4.69) is 41.3 Å². The molecule has 0 bridgehead atoms. The van der Waals surface area contributed by atoms with Crippen LogP contribution < -0.4 is 5.32 Å². The molecule has 0 saturated carbocycles. The third-order valence-corrected chi connectivity index (χ3v) is 3.30. The lowest BCUT2D eigenvalue weighted by Crippen LogP contribution is -2.36. The van der Waals surface area contributed by atoms with Crippen LogP contribution >= 0.6 is 0 Å². The number of aromatic nitrogens is 1. The van der Waals surface area contributed by atoms with Crippen molar-refractivity contribution < 1.29 is 0 Å². The minimum atomic E-state index is 0.593. The first kappa shape index (κ1) is 11.4. The fourth-order valence-electron chi connectivity index (χ4n) is 2.14. The Hall–Kier alpha value is -1.09. The van der Waals surface area contributed by atoms with Gasteiger partial charge in [0.25, 0.3) is 0 Å². The molecule has 0 radical (unpaired) electrons. The second-order valence-corrected chi connectivity index (χ2v) is 4.62. The molecule has 1 aliphatic heterocycles. The quantitative estimate of drug-likeness (QED) is 0.844. The number of rotatable bonds is 3. The van der Waals surface area contributed by atoms with Gasteiger partial charge in [0.2, 0.25) is 0 Å². The monoisotopic (exact) mass is 219 g/mol. The molecule has 1 aromatic rings. The first-order valence-electron chi connectivity index (χ1n) is 6.18. The minimum Gasteiger partial charge on any atom is -0.367 e. The van der Waals surface area contributed by atoms with Crippen molar-refractivity contribution in [2.75, 3.05) is 25.5 Å². The molecule has 0 unspecified atom stereocenters. The van der Waals surface area contributed by atoms with E-state index < -0.39 is 0 Å². The van der Waals surface area contributed by atoms with Crippen LogP contribution in [0.4, 0.5) is 5.82 Å². The number of hydrogen-bond donors (Lipinski definition) is 1. The fourth-order valence-corrected chi connectivity index (χ4v) is 2.14. The minimum absolute atomic E-state index is 0.593.